The number of hydrogen-bond donors (Lipinski definition) is 0. The van der Waals surface area contributed by atoms with Crippen LogP contribution < -0.4 is 4.90 Å². The topological polar surface area (TPSA) is 73.1 Å². The SMILES string of the molecule is COC(=O)Cn1ncc2c(N3CCC[C@@H]3c3ccsc3)ncnc21. The van der Waals surface area contributed by atoms with Crippen LogP contribution in [0, 0.1) is 0 Å². The van der Waals surface area contributed by atoms with E-state index in [0.717, 1.165) is 30.6 Å². The molecule has 3 aromatic rings. The van der Waals surface area contributed by atoms with Gasteiger partial charge in [0.25, 0.3) is 0 Å². The van der Waals surface area contributed by atoms with Gasteiger partial charge in [0.1, 0.15) is 18.7 Å². The summed E-state index contributed by atoms with van der Waals surface area (Å²) in [5, 5.41) is 9.46. The van der Waals surface area contributed by atoms with Crippen molar-refractivity contribution in [2.45, 2.75) is 25.4 Å². The van der Waals surface area contributed by atoms with Gasteiger partial charge in [-0.15, -0.1) is 0 Å². The zero-order valence-corrected chi connectivity index (χ0v) is 14.1. The molecule has 0 unspecified atom stereocenters. The van der Waals surface area contributed by atoms with Gasteiger partial charge < -0.3 is 9.64 Å². The normalized spacial score (nSPS) is 17.5. The number of thiophene rings is 1. The lowest BCUT2D eigenvalue weighted by Crippen LogP contribution is -2.23. The molecule has 1 aliphatic rings. The van der Waals surface area contributed by atoms with Gasteiger partial charge in [-0.25, -0.2) is 14.6 Å². The number of rotatable bonds is 4. The second-order valence-corrected chi connectivity index (χ2v) is 6.50. The van der Waals surface area contributed by atoms with Gasteiger partial charge in [-0.2, -0.15) is 16.4 Å². The molecule has 0 N–H and O–H groups in total. The molecule has 0 spiro atoms. The van der Waals surface area contributed by atoms with Crippen molar-refractivity contribution >= 4 is 34.2 Å². The highest BCUT2D eigenvalue weighted by atomic mass is 32.1. The number of fused-ring (bicyclic) bond motifs is 1. The molecule has 1 saturated heterocycles. The first kappa shape index (κ1) is 15.1. The quantitative estimate of drug-likeness (QED) is 0.677. The Morgan fingerprint density at radius 3 is 3.17 bits per heavy atom. The van der Waals surface area contributed by atoms with E-state index >= 15 is 0 Å². The Kier molecular flexibility index (Phi) is 3.89. The fourth-order valence-corrected chi connectivity index (χ4v) is 3.95. The number of carbonyl (C=O) groups is 1. The van der Waals surface area contributed by atoms with E-state index in [1.165, 1.54) is 19.0 Å². The fourth-order valence-electron chi connectivity index (χ4n) is 3.24. The van der Waals surface area contributed by atoms with Crippen LogP contribution in [0.2, 0.25) is 0 Å². The van der Waals surface area contributed by atoms with Crippen LogP contribution in [0.25, 0.3) is 11.0 Å². The lowest BCUT2D eigenvalue weighted by molar-refractivity contribution is -0.141. The summed E-state index contributed by atoms with van der Waals surface area (Å²) in [6.07, 6.45) is 5.51. The van der Waals surface area contributed by atoms with Crippen LogP contribution in [0.5, 0.6) is 0 Å². The smallest absolute Gasteiger partial charge is 0.327 e. The minimum atomic E-state index is -0.350. The number of methoxy groups -OCH3 is 1. The van der Waals surface area contributed by atoms with E-state index in [1.54, 1.807) is 22.2 Å². The third kappa shape index (κ3) is 2.52. The van der Waals surface area contributed by atoms with Crippen LogP contribution in [0.1, 0.15) is 24.4 Å². The molecule has 0 amide bonds. The highest BCUT2D eigenvalue weighted by molar-refractivity contribution is 7.08. The van der Waals surface area contributed by atoms with Crippen LogP contribution in [-0.2, 0) is 16.1 Å². The molecule has 8 heteroatoms. The highest BCUT2D eigenvalue weighted by Gasteiger charge is 2.29. The summed E-state index contributed by atoms with van der Waals surface area (Å²) in [5.74, 6) is 0.530. The summed E-state index contributed by atoms with van der Waals surface area (Å²) in [4.78, 5) is 22.7. The number of aromatic nitrogens is 4. The Bertz CT molecular complexity index is 861. The van der Waals surface area contributed by atoms with E-state index in [-0.39, 0.29) is 12.5 Å². The average Bonchev–Trinajstić information content (AvgIpc) is 3.34. The molecule has 1 atom stereocenters. The summed E-state index contributed by atoms with van der Waals surface area (Å²) < 4.78 is 6.27. The van der Waals surface area contributed by atoms with Gasteiger partial charge in [0.2, 0.25) is 0 Å². The maximum Gasteiger partial charge on any atom is 0.327 e. The van der Waals surface area contributed by atoms with Crippen LogP contribution in [0.15, 0.2) is 29.4 Å². The highest BCUT2D eigenvalue weighted by Crippen LogP contribution is 2.38. The summed E-state index contributed by atoms with van der Waals surface area (Å²) in [6.45, 7) is 0.999. The molecule has 0 bridgehead atoms. The molecule has 0 radical (unpaired) electrons. The lowest BCUT2D eigenvalue weighted by Gasteiger charge is -2.25. The number of nitrogens with zero attached hydrogens (tertiary/aromatic N) is 5. The fraction of sp³-hybridized carbons (Fsp3) is 0.375. The van der Waals surface area contributed by atoms with Crippen molar-refractivity contribution in [3.8, 4) is 0 Å². The third-order valence-electron chi connectivity index (χ3n) is 4.37. The molecule has 1 aliphatic heterocycles. The van der Waals surface area contributed by atoms with Crippen molar-refractivity contribution in [1.82, 2.24) is 19.7 Å². The Morgan fingerprint density at radius 1 is 1.46 bits per heavy atom. The van der Waals surface area contributed by atoms with Crippen LogP contribution >= 0.6 is 11.3 Å². The Hall–Kier alpha value is -2.48. The zero-order valence-electron chi connectivity index (χ0n) is 13.3. The lowest BCUT2D eigenvalue weighted by atomic mass is 10.1. The summed E-state index contributed by atoms with van der Waals surface area (Å²) in [5.41, 5.74) is 1.98. The molecule has 1 fully saturated rings. The van der Waals surface area contributed by atoms with Gasteiger partial charge in [0, 0.05) is 6.54 Å². The van der Waals surface area contributed by atoms with Gasteiger partial charge in [0.15, 0.2) is 5.65 Å². The van der Waals surface area contributed by atoms with Gasteiger partial charge in [-0.1, -0.05) is 0 Å². The van der Waals surface area contributed by atoms with Gasteiger partial charge in [-0.05, 0) is 35.2 Å². The Morgan fingerprint density at radius 2 is 2.38 bits per heavy atom. The molecule has 4 heterocycles. The number of ether oxygens (including phenoxy) is 1. The monoisotopic (exact) mass is 343 g/mol. The first-order chi connectivity index (χ1) is 11.8. The van der Waals surface area contributed by atoms with Gasteiger partial charge >= 0.3 is 5.97 Å². The number of esters is 1. The predicted molar refractivity (Wildman–Crippen MR) is 91.0 cm³/mol. The second kappa shape index (κ2) is 6.20. The van der Waals surface area contributed by atoms with Gasteiger partial charge in [0.05, 0.1) is 24.7 Å². The standard InChI is InChI=1S/C16H17N5O2S/c1-23-14(22)8-21-16-12(7-19-21)15(17-10-18-16)20-5-2-3-13(20)11-4-6-24-9-11/h4,6-7,9-10,13H,2-3,5,8H2,1H3/t13-/m1/s1. The number of anilines is 1. The molecule has 124 valence electrons. The Balaban J connectivity index is 1.73. The summed E-state index contributed by atoms with van der Waals surface area (Å²) >= 11 is 1.71. The van der Waals surface area contributed by atoms with Crippen molar-refractivity contribution < 1.29 is 9.53 Å². The molecule has 3 aromatic heterocycles. The Labute approximate surface area is 142 Å². The maximum absolute atomic E-state index is 11.5. The van der Waals surface area contributed by atoms with Gasteiger partial charge in [-0.3, -0.25) is 4.79 Å². The third-order valence-corrected chi connectivity index (χ3v) is 5.07. The molecule has 7 nitrogen and oxygen atoms in total. The van der Waals surface area contributed by atoms with Crippen LogP contribution in [0.4, 0.5) is 5.82 Å². The largest absolute Gasteiger partial charge is 0.468 e. The van der Waals surface area contributed by atoms with E-state index in [0.29, 0.717) is 11.7 Å². The van der Waals surface area contributed by atoms with Crippen molar-refractivity contribution in [2.24, 2.45) is 0 Å². The van der Waals surface area contributed by atoms with E-state index in [1.807, 2.05) is 0 Å². The molecule has 4 rings (SSSR count). The molecule has 0 aromatic carbocycles. The van der Waals surface area contributed by atoms with Crippen molar-refractivity contribution in [3.05, 3.63) is 34.9 Å². The minimum absolute atomic E-state index is 0.0460. The first-order valence-corrected chi connectivity index (χ1v) is 8.74. The molecular weight excluding hydrogens is 326 g/mol. The van der Waals surface area contributed by atoms with E-state index in [4.69, 9.17) is 4.74 Å². The minimum Gasteiger partial charge on any atom is -0.468 e. The van der Waals surface area contributed by atoms with Crippen molar-refractivity contribution in [3.63, 3.8) is 0 Å². The molecule has 24 heavy (non-hydrogen) atoms. The first-order valence-electron chi connectivity index (χ1n) is 7.80. The predicted octanol–water partition coefficient (Wildman–Crippen LogP) is 2.40. The summed E-state index contributed by atoms with van der Waals surface area (Å²) in [6, 6.07) is 2.51. The number of hydrogen-bond acceptors (Lipinski definition) is 7. The van der Waals surface area contributed by atoms with Crippen molar-refractivity contribution in [1.29, 1.82) is 0 Å². The van der Waals surface area contributed by atoms with E-state index in [2.05, 4.69) is 36.8 Å². The average molecular weight is 343 g/mol. The van der Waals surface area contributed by atoms with Crippen LogP contribution in [-0.4, -0.2) is 39.4 Å². The van der Waals surface area contributed by atoms with Crippen LogP contribution in [0.3, 0.4) is 0 Å². The number of carbonyl (C=O) groups excluding carboxylic acids is 1. The molecule has 0 saturated carbocycles. The second-order valence-electron chi connectivity index (χ2n) is 5.72. The maximum atomic E-state index is 11.5. The molecule has 0 aliphatic carbocycles. The zero-order chi connectivity index (χ0) is 16.5. The molecular formula is C16H17N5O2S. The van der Waals surface area contributed by atoms with Crippen molar-refractivity contribution in [2.75, 3.05) is 18.6 Å². The van der Waals surface area contributed by atoms with E-state index in [9.17, 15) is 4.79 Å². The van der Waals surface area contributed by atoms with E-state index < -0.39 is 0 Å². The summed E-state index contributed by atoms with van der Waals surface area (Å²) in [7, 11) is 1.37.